The van der Waals surface area contributed by atoms with E-state index in [9.17, 15) is 10.1 Å². The van der Waals surface area contributed by atoms with E-state index in [1.54, 1.807) is 24.3 Å². The van der Waals surface area contributed by atoms with Gasteiger partial charge in [-0.3, -0.25) is 4.79 Å². The fraction of sp³-hybridized carbons (Fsp3) is 0.214. The van der Waals surface area contributed by atoms with E-state index in [2.05, 4.69) is 6.07 Å². The summed E-state index contributed by atoms with van der Waals surface area (Å²) in [5.74, 6) is 0.427. The Morgan fingerprint density at radius 3 is 2.35 bits per heavy atom. The molecule has 6 heteroatoms. The second-order valence-corrected chi connectivity index (χ2v) is 10.4. The molecule has 3 aromatic rings. The normalized spacial score (nSPS) is 19.5. The summed E-state index contributed by atoms with van der Waals surface area (Å²) in [6.07, 6.45) is 0.892. The summed E-state index contributed by atoms with van der Waals surface area (Å²) in [5.41, 5.74) is 0.264. The SMILES string of the molecule is CC1(C)[C@H](C(=O)OC(C#N)c2cccc(Oc3ccccc3)c2)[C@@H]1/C=C(/Cl)Sc1ccccc1. The smallest absolute Gasteiger partial charge is 0.311 e. The molecule has 1 aliphatic rings. The lowest BCUT2D eigenvalue weighted by Gasteiger charge is -2.13. The molecular weight excluding hydrogens is 466 g/mol. The standard InChI is InChI=1S/C28H24ClNO3S/c1-28(2)23(17-25(29)34-22-14-7-4-8-15-22)26(28)27(31)33-24(18-30)19-10-9-13-21(16-19)32-20-11-5-3-6-12-20/h3-17,23-24,26H,1-2H3/b25-17-/t23-,24?,26-/m0/s1. The van der Waals surface area contributed by atoms with E-state index in [0.717, 1.165) is 4.90 Å². The van der Waals surface area contributed by atoms with Crippen LogP contribution in [-0.4, -0.2) is 5.97 Å². The van der Waals surface area contributed by atoms with Crippen LogP contribution in [0.5, 0.6) is 11.5 Å². The number of para-hydroxylation sites is 1. The molecular formula is C28H24ClNO3S. The molecule has 172 valence electrons. The van der Waals surface area contributed by atoms with E-state index in [1.807, 2.05) is 80.6 Å². The minimum absolute atomic E-state index is 0.0594. The minimum Gasteiger partial charge on any atom is -0.457 e. The lowest BCUT2D eigenvalue weighted by Crippen LogP contribution is -2.14. The molecule has 1 unspecified atom stereocenters. The Balaban J connectivity index is 1.42. The number of hydrogen-bond donors (Lipinski definition) is 0. The van der Waals surface area contributed by atoms with Gasteiger partial charge in [-0.25, -0.2) is 0 Å². The summed E-state index contributed by atoms with van der Waals surface area (Å²) in [7, 11) is 0. The molecule has 4 nitrogen and oxygen atoms in total. The number of nitriles is 1. The first-order valence-corrected chi connectivity index (χ1v) is 12.1. The summed E-state index contributed by atoms with van der Waals surface area (Å²) >= 11 is 7.92. The van der Waals surface area contributed by atoms with Crippen LogP contribution in [0.4, 0.5) is 0 Å². The lowest BCUT2D eigenvalue weighted by atomic mass is 10.1. The highest BCUT2D eigenvalue weighted by Gasteiger charge is 2.62. The van der Waals surface area contributed by atoms with Crippen molar-refractivity contribution in [2.24, 2.45) is 17.3 Å². The topological polar surface area (TPSA) is 59.3 Å². The lowest BCUT2D eigenvalue weighted by molar-refractivity contribution is -0.149. The Hall–Kier alpha value is -3.20. The van der Waals surface area contributed by atoms with Crippen LogP contribution < -0.4 is 4.74 Å². The van der Waals surface area contributed by atoms with Crippen LogP contribution in [0.3, 0.4) is 0 Å². The molecule has 3 atom stereocenters. The Morgan fingerprint density at radius 1 is 1.03 bits per heavy atom. The highest BCUT2D eigenvalue weighted by molar-refractivity contribution is 8.04. The number of thioether (sulfide) groups is 1. The molecule has 0 aromatic heterocycles. The molecule has 0 radical (unpaired) electrons. The van der Waals surface area contributed by atoms with E-state index in [1.165, 1.54) is 11.8 Å². The van der Waals surface area contributed by atoms with E-state index in [-0.39, 0.29) is 17.3 Å². The van der Waals surface area contributed by atoms with Crippen LogP contribution in [0.15, 0.2) is 100 Å². The molecule has 0 aliphatic heterocycles. The van der Waals surface area contributed by atoms with Gasteiger partial charge in [-0.05, 0) is 47.7 Å². The minimum atomic E-state index is -1.03. The zero-order valence-electron chi connectivity index (χ0n) is 18.9. The van der Waals surface area contributed by atoms with Crippen LogP contribution in [-0.2, 0) is 9.53 Å². The molecule has 34 heavy (non-hydrogen) atoms. The summed E-state index contributed by atoms with van der Waals surface area (Å²) in [5, 5.41) is 9.71. The Bertz CT molecular complexity index is 1220. The van der Waals surface area contributed by atoms with Crippen molar-refractivity contribution < 1.29 is 14.3 Å². The summed E-state index contributed by atoms with van der Waals surface area (Å²) in [4.78, 5) is 14.0. The summed E-state index contributed by atoms with van der Waals surface area (Å²) in [6.45, 7) is 4.01. The Morgan fingerprint density at radius 2 is 1.68 bits per heavy atom. The van der Waals surface area contributed by atoms with E-state index >= 15 is 0 Å². The van der Waals surface area contributed by atoms with E-state index in [4.69, 9.17) is 21.1 Å². The molecule has 0 saturated heterocycles. The highest BCUT2D eigenvalue weighted by atomic mass is 35.5. The van der Waals surface area contributed by atoms with E-state index in [0.29, 0.717) is 21.4 Å². The fourth-order valence-electron chi connectivity index (χ4n) is 3.94. The first-order valence-electron chi connectivity index (χ1n) is 10.9. The van der Waals surface area contributed by atoms with Crippen molar-refractivity contribution in [1.29, 1.82) is 5.26 Å². The largest absolute Gasteiger partial charge is 0.457 e. The number of esters is 1. The van der Waals surface area contributed by atoms with Crippen molar-refractivity contribution in [2.45, 2.75) is 24.8 Å². The first kappa shape index (κ1) is 23.9. The van der Waals surface area contributed by atoms with Gasteiger partial charge in [-0.15, -0.1) is 0 Å². The van der Waals surface area contributed by atoms with Crippen LogP contribution >= 0.6 is 23.4 Å². The monoisotopic (exact) mass is 489 g/mol. The maximum Gasteiger partial charge on any atom is 0.311 e. The maximum absolute atomic E-state index is 13.0. The number of hydrogen-bond acceptors (Lipinski definition) is 5. The third-order valence-electron chi connectivity index (χ3n) is 5.92. The number of carbonyl (C=O) groups is 1. The van der Waals surface area contributed by atoms with Gasteiger partial charge in [-0.2, -0.15) is 5.26 Å². The van der Waals surface area contributed by atoms with Crippen LogP contribution in [0.1, 0.15) is 25.5 Å². The second kappa shape index (κ2) is 10.4. The average Bonchev–Trinajstić information content (AvgIpc) is 3.38. The molecule has 0 bridgehead atoms. The fourth-order valence-corrected chi connectivity index (χ4v) is 5.08. The molecule has 1 aliphatic carbocycles. The van der Waals surface area contributed by atoms with Crippen molar-refractivity contribution in [3.63, 3.8) is 0 Å². The van der Waals surface area contributed by atoms with Gasteiger partial charge in [0.1, 0.15) is 17.6 Å². The maximum atomic E-state index is 13.0. The molecule has 3 aromatic carbocycles. The van der Waals surface area contributed by atoms with Gasteiger partial charge in [0.25, 0.3) is 0 Å². The summed E-state index contributed by atoms with van der Waals surface area (Å²) in [6, 6.07) is 28.3. The van der Waals surface area contributed by atoms with Gasteiger partial charge in [0, 0.05) is 10.5 Å². The molecule has 0 spiro atoms. The van der Waals surface area contributed by atoms with Crippen molar-refractivity contribution >= 4 is 29.3 Å². The predicted molar refractivity (Wildman–Crippen MR) is 134 cm³/mol. The van der Waals surface area contributed by atoms with Crippen LogP contribution in [0.25, 0.3) is 0 Å². The zero-order valence-corrected chi connectivity index (χ0v) is 20.4. The second-order valence-electron chi connectivity index (χ2n) is 8.64. The molecule has 0 heterocycles. The molecule has 0 amide bonds. The van der Waals surface area contributed by atoms with Crippen molar-refractivity contribution in [3.05, 3.63) is 101 Å². The van der Waals surface area contributed by atoms with Gasteiger partial charge in [0.2, 0.25) is 6.10 Å². The van der Waals surface area contributed by atoms with Crippen LogP contribution in [0.2, 0.25) is 0 Å². The van der Waals surface area contributed by atoms with Gasteiger partial charge in [0.05, 0.1) is 10.3 Å². The molecule has 1 fully saturated rings. The third kappa shape index (κ3) is 5.64. The number of nitrogens with zero attached hydrogens (tertiary/aromatic N) is 1. The number of allylic oxidation sites excluding steroid dienone is 1. The number of halogens is 1. The van der Waals surface area contributed by atoms with E-state index < -0.39 is 12.1 Å². The predicted octanol–water partition coefficient (Wildman–Crippen LogP) is 7.73. The Labute approximate surface area is 209 Å². The number of benzene rings is 3. The van der Waals surface area contributed by atoms with Crippen molar-refractivity contribution in [1.82, 2.24) is 0 Å². The zero-order chi connectivity index (χ0) is 24.1. The number of ether oxygens (including phenoxy) is 2. The average molecular weight is 490 g/mol. The van der Waals surface area contributed by atoms with Crippen molar-refractivity contribution in [3.8, 4) is 17.6 Å². The van der Waals surface area contributed by atoms with Gasteiger partial charge in [-0.1, -0.05) is 91.8 Å². The first-order chi connectivity index (χ1) is 16.4. The van der Waals surface area contributed by atoms with Gasteiger partial charge >= 0.3 is 5.97 Å². The number of rotatable bonds is 8. The molecule has 1 saturated carbocycles. The van der Waals surface area contributed by atoms with Gasteiger partial charge < -0.3 is 9.47 Å². The molecule has 4 rings (SSSR count). The highest BCUT2D eigenvalue weighted by Crippen LogP contribution is 2.60. The van der Waals surface area contributed by atoms with Crippen molar-refractivity contribution in [2.75, 3.05) is 0 Å². The van der Waals surface area contributed by atoms with Gasteiger partial charge in [0.15, 0.2) is 0 Å². The summed E-state index contributed by atoms with van der Waals surface area (Å²) < 4.78 is 12.1. The van der Waals surface area contributed by atoms with Crippen LogP contribution in [0, 0.1) is 28.6 Å². The third-order valence-corrected chi connectivity index (χ3v) is 7.12. The quantitative estimate of drug-likeness (QED) is 0.239. The number of carbonyl (C=O) groups excluding carboxylic acids is 1. The molecule has 0 N–H and O–H groups in total. The Kier molecular flexibility index (Phi) is 7.31.